The molecular weight excluding hydrogens is 297 g/mol. The Bertz CT molecular complexity index is 615. The van der Waals surface area contributed by atoms with Crippen molar-refractivity contribution in [3.05, 3.63) is 70.3 Å². The first-order chi connectivity index (χ1) is 9.77. The zero-order chi connectivity index (χ0) is 15.6. The summed E-state index contributed by atoms with van der Waals surface area (Å²) in [7, 11) is 0. The summed E-state index contributed by atoms with van der Waals surface area (Å²) >= 11 is 6.32. The van der Waals surface area contributed by atoms with Crippen molar-refractivity contribution in [2.75, 3.05) is 0 Å². The zero-order valence-electron chi connectivity index (χ0n) is 11.8. The maximum atomic E-state index is 12.5. The molecule has 0 fully saturated rings. The molecule has 1 unspecified atom stereocenters. The van der Waals surface area contributed by atoms with E-state index in [9.17, 15) is 13.2 Å². The van der Waals surface area contributed by atoms with Crippen LogP contribution in [0.25, 0.3) is 0 Å². The summed E-state index contributed by atoms with van der Waals surface area (Å²) in [6.07, 6.45) is -3.72. The van der Waals surface area contributed by atoms with Crippen LogP contribution in [0.15, 0.2) is 42.5 Å². The summed E-state index contributed by atoms with van der Waals surface area (Å²) < 4.78 is 37.6. The Morgan fingerprint density at radius 1 is 0.952 bits per heavy atom. The predicted molar refractivity (Wildman–Crippen MR) is 79.7 cm³/mol. The molecule has 21 heavy (non-hydrogen) atoms. The van der Waals surface area contributed by atoms with Crippen molar-refractivity contribution in [3.8, 4) is 0 Å². The van der Waals surface area contributed by atoms with E-state index in [1.54, 1.807) is 0 Å². The van der Waals surface area contributed by atoms with Gasteiger partial charge in [0.1, 0.15) is 0 Å². The molecule has 0 amide bonds. The second-order valence-corrected chi connectivity index (χ2v) is 5.74. The van der Waals surface area contributed by atoms with E-state index in [0.717, 1.165) is 17.7 Å². The molecule has 0 heterocycles. The maximum Gasteiger partial charge on any atom is 0.416 e. The van der Waals surface area contributed by atoms with E-state index in [4.69, 9.17) is 11.6 Å². The first kappa shape index (κ1) is 15.9. The van der Waals surface area contributed by atoms with Crippen molar-refractivity contribution in [1.29, 1.82) is 0 Å². The van der Waals surface area contributed by atoms with Crippen LogP contribution in [0.3, 0.4) is 0 Å². The molecule has 0 radical (unpaired) electrons. The summed E-state index contributed by atoms with van der Waals surface area (Å²) in [5.41, 5.74) is 3.52. The number of hydrogen-bond donors (Lipinski definition) is 0. The number of hydrogen-bond acceptors (Lipinski definition) is 0. The zero-order valence-corrected chi connectivity index (χ0v) is 12.6. The highest BCUT2D eigenvalue weighted by Gasteiger charge is 2.30. The molecule has 0 spiro atoms. The molecule has 2 aromatic carbocycles. The van der Waals surface area contributed by atoms with Gasteiger partial charge < -0.3 is 0 Å². The van der Waals surface area contributed by atoms with E-state index in [-0.39, 0.29) is 5.38 Å². The van der Waals surface area contributed by atoms with Crippen LogP contribution in [-0.4, -0.2) is 0 Å². The van der Waals surface area contributed by atoms with E-state index in [1.165, 1.54) is 23.3 Å². The molecule has 0 nitrogen and oxygen atoms in total. The summed E-state index contributed by atoms with van der Waals surface area (Å²) in [4.78, 5) is 0. The Balaban J connectivity index is 2.13. The van der Waals surface area contributed by atoms with Crippen molar-refractivity contribution in [3.63, 3.8) is 0 Å². The van der Waals surface area contributed by atoms with Gasteiger partial charge in [0.2, 0.25) is 0 Å². The molecule has 0 saturated heterocycles. The highest BCUT2D eigenvalue weighted by Crippen LogP contribution is 2.32. The van der Waals surface area contributed by atoms with E-state index in [2.05, 4.69) is 6.07 Å². The topological polar surface area (TPSA) is 0 Å². The lowest BCUT2D eigenvalue weighted by Gasteiger charge is -2.13. The van der Waals surface area contributed by atoms with Gasteiger partial charge in [0, 0.05) is 0 Å². The largest absolute Gasteiger partial charge is 0.416 e. The lowest BCUT2D eigenvalue weighted by Crippen LogP contribution is -2.05. The minimum Gasteiger partial charge on any atom is -0.166 e. The van der Waals surface area contributed by atoms with Gasteiger partial charge in [-0.3, -0.25) is 0 Å². The van der Waals surface area contributed by atoms with Gasteiger partial charge in [0.25, 0.3) is 0 Å². The smallest absolute Gasteiger partial charge is 0.166 e. The Morgan fingerprint density at radius 3 is 2.10 bits per heavy atom. The highest BCUT2D eigenvalue weighted by molar-refractivity contribution is 6.20. The number of halogens is 4. The molecule has 1 atom stereocenters. The Labute approximate surface area is 127 Å². The van der Waals surface area contributed by atoms with Gasteiger partial charge in [0.15, 0.2) is 0 Å². The van der Waals surface area contributed by atoms with Gasteiger partial charge in [0.05, 0.1) is 10.9 Å². The Kier molecular flexibility index (Phi) is 4.62. The Morgan fingerprint density at radius 2 is 1.57 bits per heavy atom. The maximum absolute atomic E-state index is 12.5. The lowest BCUT2D eigenvalue weighted by molar-refractivity contribution is -0.137. The average molecular weight is 313 g/mol. The van der Waals surface area contributed by atoms with E-state index in [1.807, 2.05) is 26.0 Å². The lowest BCUT2D eigenvalue weighted by atomic mass is 9.99. The normalized spacial score (nSPS) is 13.2. The second kappa shape index (κ2) is 6.10. The molecule has 0 bridgehead atoms. The molecule has 0 N–H and O–H groups in total. The fourth-order valence-corrected chi connectivity index (χ4v) is 2.46. The standard InChI is InChI=1S/C17H16ClF3/c1-11-3-4-13(9-12(11)2)10-16(18)14-5-7-15(8-6-14)17(19,20)21/h3-9,16H,10H2,1-2H3. The first-order valence-electron chi connectivity index (χ1n) is 6.65. The fourth-order valence-electron chi connectivity index (χ4n) is 2.14. The molecule has 0 aliphatic carbocycles. The number of aryl methyl sites for hydroxylation is 2. The van der Waals surface area contributed by atoms with Crippen molar-refractivity contribution in [2.24, 2.45) is 0 Å². The molecular formula is C17H16ClF3. The Hall–Kier alpha value is -1.48. The van der Waals surface area contributed by atoms with Gasteiger partial charge in [-0.25, -0.2) is 0 Å². The minimum atomic E-state index is -4.31. The van der Waals surface area contributed by atoms with Crippen molar-refractivity contribution in [1.82, 2.24) is 0 Å². The average Bonchev–Trinajstić information content (AvgIpc) is 2.42. The molecule has 4 heteroatoms. The van der Waals surface area contributed by atoms with Crippen molar-refractivity contribution >= 4 is 11.6 Å². The van der Waals surface area contributed by atoms with Crippen LogP contribution in [0.5, 0.6) is 0 Å². The molecule has 0 aliphatic rings. The van der Waals surface area contributed by atoms with Gasteiger partial charge in [-0.1, -0.05) is 30.3 Å². The molecule has 0 saturated carbocycles. The van der Waals surface area contributed by atoms with Gasteiger partial charge in [-0.2, -0.15) is 13.2 Å². The van der Waals surface area contributed by atoms with Crippen LogP contribution in [-0.2, 0) is 12.6 Å². The molecule has 2 aromatic rings. The first-order valence-corrected chi connectivity index (χ1v) is 7.08. The summed E-state index contributed by atoms with van der Waals surface area (Å²) in [6.45, 7) is 4.06. The molecule has 0 aromatic heterocycles. The van der Waals surface area contributed by atoms with E-state index < -0.39 is 11.7 Å². The van der Waals surface area contributed by atoms with E-state index >= 15 is 0 Å². The van der Waals surface area contributed by atoms with Crippen LogP contribution < -0.4 is 0 Å². The molecule has 2 rings (SSSR count). The van der Waals surface area contributed by atoms with Crippen molar-refractivity contribution in [2.45, 2.75) is 31.8 Å². The highest BCUT2D eigenvalue weighted by atomic mass is 35.5. The minimum absolute atomic E-state index is 0.339. The van der Waals surface area contributed by atoms with Crippen molar-refractivity contribution < 1.29 is 13.2 Å². The van der Waals surface area contributed by atoms with Crippen LogP contribution >= 0.6 is 11.6 Å². The molecule has 0 aliphatic heterocycles. The predicted octanol–water partition coefficient (Wildman–Crippen LogP) is 5.84. The summed E-state index contributed by atoms with van der Waals surface area (Å²) in [6, 6.07) is 11.1. The summed E-state index contributed by atoms with van der Waals surface area (Å²) in [5, 5.41) is -0.339. The third kappa shape index (κ3) is 4.01. The number of benzene rings is 2. The van der Waals surface area contributed by atoms with E-state index in [0.29, 0.717) is 12.0 Å². The quantitative estimate of drug-likeness (QED) is 0.624. The number of rotatable bonds is 3. The second-order valence-electron chi connectivity index (χ2n) is 5.21. The third-order valence-electron chi connectivity index (χ3n) is 3.59. The van der Waals surface area contributed by atoms with Gasteiger partial charge in [-0.05, 0) is 54.7 Å². The number of alkyl halides is 4. The fraction of sp³-hybridized carbons (Fsp3) is 0.294. The van der Waals surface area contributed by atoms with Crippen LogP contribution in [0.1, 0.15) is 33.2 Å². The van der Waals surface area contributed by atoms with Crippen LogP contribution in [0.2, 0.25) is 0 Å². The van der Waals surface area contributed by atoms with Gasteiger partial charge >= 0.3 is 6.18 Å². The third-order valence-corrected chi connectivity index (χ3v) is 3.99. The SMILES string of the molecule is Cc1ccc(CC(Cl)c2ccc(C(F)(F)F)cc2)cc1C. The van der Waals surface area contributed by atoms with Crippen LogP contribution in [0.4, 0.5) is 13.2 Å². The van der Waals surface area contributed by atoms with Gasteiger partial charge in [-0.15, -0.1) is 11.6 Å². The summed E-state index contributed by atoms with van der Waals surface area (Å²) in [5.74, 6) is 0. The van der Waals surface area contributed by atoms with Crippen LogP contribution in [0, 0.1) is 13.8 Å². The monoisotopic (exact) mass is 312 g/mol. The molecule has 112 valence electrons.